The van der Waals surface area contributed by atoms with Gasteiger partial charge in [-0.15, -0.1) is 5.10 Å². The lowest BCUT2D eigenvalue weighted by molar-refractivity contribution is 0.946. The Balaban J connectivity index is 1.77. The summed E-state index contributed by atoms with van der Waals surface area (Å²) in [4.78, 5) is 4.50. The summed E-state index contributed by atoms with van der Waals surface area (Å²) < 4.78 is 0. The van der Waals surface area contributed by atoms with E-state index in [1.54, 1.807) is 6.20 Å². The second-order valence-corrected chi connectivity index (χ2v) is 4.81. The van der Waals surface area contributed by atoms with Crippen LogP contribution in [0.15, 0.2) is 60.8 Å². The third kappa shape index (κ3) is 3.23. The van der Waals surface area contributed by atoms with Crippen molar-refractivity contribution >= 4 is 5.95 Å². The molecule has 0 unspecified atom stereocenters. The largest absolute Gasteiger partial charge is 0.349 e. The summed E-state index contributed by atoms with van der Waals surface area (Å²) in [5.41, 5.74) is 4.33. The molecule has 0 radical (unpaired) electrons. The minimum Gasteiger partial charge on any atom is -0.349 e. The number of aromatic nitrogens is 3. The summed E-state index contributed by atoms with van der Waals surface area (Å²) in [5.74, 6) is 0.541. The van der Waals surface area contributed by atoms with Gasteiger partial charge in [0.05, 0.1) is 11.9 Å². The molecule has 0 bridgehead atoms. The maximum absolute atomic E-state index is 4.50. The van der Waals surface area contributed by atoms with Crippen LogP contribution in [0, 0.1) is 6.92 Å². The van der Waals surface area contributed by atoms with Gasteiger partial charge in [0.1, 0.15) is 0 Å². The summed E-state index contributed by atoms with van der Waals surface area (Å²) in [6, 6.07) is 18.2. The minimum atomic E-state index is 0.541. The molecule has 0 fully saturated rings. The maximum atomic E-state index is 4.50. The number of hydrogen-bond donors (Lipinski definition) is 1. The molecule has 104 valence electrons. The predicted octanol–water partition coefficient (Wildman–Crippen LogP) is 3.46. The van der Waals surface area contributed by atoms with E-state index in [0.717, 1.165) is 11.3 Å². The van der Waals surface area contributed by atoms with Crippen molar-refractivity contribution in [2.75, 3.05) is 5.32 Å². The molecule has 0 amide bonds. The Labute approximate surface area is 123 Å². The number of hydrogen-bond acceptors (Lipinski definition) is 4. The van der Waals surface area contributed by atoms with Crippen LogP contribution in [0.25, 0.3) is 11.3 Å². The van der Waals surface area contributed by atoms with E-state index in [4.69, 9.17) is 0 Å². The quantitative estimate of drug-likeness (QED) is 0.793. The van der Waals surface area contributed by atoms with Crippen LogP contribution < -0.4 is 5.32 Å². The van der Waals surface area contributed by atoms with Crippen molar-refractivity contribution < 1.29 is 0 Å². The van der Waals surface area contributed by atoms with Crippen molar-refractivity contribution in [1.82, 2.24) is 15.2 Å². The van der Waals surface area contributed by atoms with Crippen molar-refractivity contribution in [3.63, 3.8) is 0 Å². The van der Waals surface area contributed by atoms with Gasteiger partial charge in [0.2, 0.25) is 5.95 Å². The van der Waals surface area contributed by atoms with Crippen molar-refractivity contribution in [2.24, 2.45) is 0 Å². The van der Waals surface area contributed by atoms with Crippen LogP contribution in [0.3, 0.4) is 0 Å². The first-order valence-corrected chi connectivity index (χ1v) is 6.86. The fourth-order valence-electron chi connectivity index (χ4n) is 2.11. The summed E-state index contributed by atoms with van der Waals surface area (Å²) in [6.07, 6.45) is 1.67. The van der Waals surface area contributed by atoms with E-state index < -0.39 is 0 Å². The minimum absolute atomic E-state index is 0.541. The number of aryl methyl sites for hydroxylation is 1. The van der Waals surface area contributed by atoms with Crippen molar-refractivity contribution in [1.29, 1.82) is 0 Å². The molecule has 0 spiro atoms. The summed E-state index contributed by atoms with van der Waals surface area (Å²) in [6.45, 7) is 2.78. The van der Waals surface area contributed by atoms with Gasteiger partial charge in [0.25, 0.3) is 0 Å². The third-order valence-electron chi connectivity index (χ3n) is 3.33. The maximum Gasteiger partial charge on any atom is 0.243 e. The average Bonchev–Trinajstić information content (AvgIpc) is 2.55. The van der Waals surface area contributed by atoms with E-state index in [1.807, 2.05) is 42.5 Å². The molecule has 0 aliphatic heterocycles. The van der Waals surface area contributed by atoms with Gasteiger partial charge < -0.3 is 5.32 Å². The molecular weight excluding hydrogens is 260 g/mol. The SMILES string of the molecule is Cc1ccccc1CNc1nncc(-c2ccccc2)n1. The molecule has 0 saturated carbocycles. The Morgan fingerprint density at radius 3 is 2.52 bits per heavy atom. The highest BCUT2D eigenvalue weighted by Gasteiger charge is 2.03. The molecule has 3 aromatic rings. The van der Waals surface area contributed by atoms with Crippen LogP contribution in [0.5, 0.6) is 0 Å². The smallest absolute Gasteiger partial charge is 0.243 e. The summed E-state index contributed by atoms with van der Waals surface area (Å²) in [5, 5.41) is 11.3. The molecule has 3 rings (SSSR count). The summed E-state index contributed by atoms with van der Waals surface area (Å²) >= 11 is 0. The molecule has 0 aliphatic carbocycles. The van der Waals surface area contributed by atoms with Crippen LogP contribution in [-0.2, 0) is 6.54 Å². The molecule has 4 nitrogen and oxygen atoms in total. The first-order valence-electron chi connectivity index (χ1n) is 6.86. The molecule has 4 heteroatoms. The highest BCUT2D eigenvalue weighted by Crippen LogP contribution is 2.16. The molecule has 0 atom stereocenters. The van der Waals surface area contributed by atoms with Gasteiger partial charge in [-0.2, -0.15) is 5.10 Å². The van der Waals surface area contributed by atoms with Crippen molar-refractivity contribution in [3.8, 4) is 11.3 Å². The lowest BCUT2D eigenvalue weighted by atomic mass is 10.1. The Morgan fingerprint density at radius 1 is 0.952 bits per heavy atom. The number of nitrogens with one attached hydrogen (secondary N) is 1. The van der Waals surface area contributed by atoms with Crippen LogP contribution >= 0.6 is 0 Å². The molecule has 0 aliphatic rings. The third-order valence-corrected chi connectivity index (χ3v) is 3.33. The Hall–Kier alpha value is -2.75. The van der Waals surface area contributed by atoms with E-state index in [0.29, 0.717) is 12.5 Å². The monoisotopic (exact) mass is 276 g/mol. The van der Waals surface area contributed by atoms with E-state index in [9.17, 15) is 0 Å². The van der Waals surface area contributed by atoms with Crippen LogP contribution in [0.1, 0.15) is 11.1 Å². The first-order chi connectivity index (χ1) is 10.3. The fraction of sp³-hybridized carbons (Fsp3) is 0.118. The van der Waals surface area contributed by atoms with Gasteiger partial charge in [-0.05, 0) is 18.1 Å². The normalized spacial score (nSPS) is 10.3. The number of benzene rings is 2. The number of nitrogens with zero attached hydrogens (tertiary/aromatic N) is 3. The predicted molar refractivity (Wildman–Crippen MR) is 83.8 cm³/mol. The van der Waals surface area contributed by atoms with Crippen LogP contribution in [-0.4, -0.2) is 15.2 Å². The lowest BCUT2D eigenvalue weighted by Gasteiger charge is -2.08. The van der Waals surface area contributed by atoms with E-state index in [-0.39, 0.29) is 0 Å². The second-order valence-electron chi connectivity index (χ2n) is 4.81. The molecular formula is C17H16N4. The Morgan fingerprint density at radius 2 is 1.71 bits per heavy atom. The average molecular weight is 276 g/mol. The summed E-state index contributed by atoms with van der Waals surface area (Å²) in [7, 11) is 0. The topological polar surface area (TPSA) is 50.7 Å². The lowest BCUT2D eigenvalue weighted by Crippen LogP contribution is -2.06. The van der Waals surface area contributed by atoms with Crippen LogP contribution in [0.2, 0.25) is 0 Å². The molecule has 1 aromatic heterocycles. The molecule has 2 aromatic carbocycles. The van der Waals surface area contributed by atoms with Gasteiger partial charge in [-0.1, -0.05) is 54.6 Å². The number of rotatable bonds is 4. The Kier molecular flexibility index (Phi) is 3.87. The zero-order valence-electron chi connectivity index (χ0n) is 11.8. The van der Waals surface area contributed by atoms with Crippen molar-refractivity contribution in [3.05, 3.63) is 71.9 Å². The second kappa shape index (κ2) is 6.13. The van der Waals surface area contributed by atoms with Crippen LogP contribution in [0.4, 0.5) is 5.95 Å². The van der Waals surface area contributed by atoms with Gasteiger partial charge in [-0.25, -0.2) is 4.98 Å². The van der Waals surface area contributed by atoms with Crippen molar-refractivity contribution in [2.45, 2.75) is 13.5 Å². The van der Waals surface area contributed by atoms with Gasteiger partial charge in [0.15, 0.2) is 0 Å². The highest BCUT2D eigenvalue weighted by molar-refractivity contribution is 5.58. The molecule has 21 heavy (non-hydrogen) atoms. The molecule has 1 heterocycles. The van der Waals surface area contributed by atoms with E-state index in [1.165, 1.54) is 11.1 Å². The van der Waals surface area contributed by atoms with E-state index in [2.05, 4.69) is 39.6 Å². The highest BCUT2D eigenvalue weighted by atomic mass is 15.2. The van der Waals surface area contributed by atoms with Gasteiger partial charge >= 0.3 is 0 Å². The fourth-order valence-corrected chi connectivity index (χ4v) is 2.11. The zero-order valence-corrected chi connectivity index (χ0v) is 11.8. The number of anilines is 1. The first kappa shape index (κ1) is 13.2. The molecule has 1 N–H and O–H groups in total. The standard InChI is InChI=1S/C17H16N4/c1-13-7-5-6-10-15(13)11-18-17-20-16(12-19-21-17)14-8-3-2-4-9-14/h2-10,12H,11H2,1H3,(H,18,20,21). The van der Waals surface area contributed by atoms with E-state index >= 15 is 0 Å². The van der Waals surface area contributed by atoms with Gasteiger partial charge in [0, 0.05) is 12.1 Å². The van der Waals surface area contributed by atoms with Gasteiger partial charge in [-0.3, -0.25) is 0 Å². The zero-order chi connectivity index (χ0) is 14.5. The molecule has 0 saturated heterocycles. The Bertz CT molecular complexity index is 726.